The molecule has 2 N–H and O–H groups in total. The summed E-state index contributed by atoms with van der Waals surface area (Å²) in [6.45, 7) is 12.4. The van der Waals surface area contributed by atoms with Crippen LogP contribution in [0.25, 0.3) is 16.6 Å². The lowest BCUT2D eigenvalue weighted by molar-refractivity contribution is 0.476. The molecule has 0 unspecified atom stereocenters. The zero-order valence-electron chi connectivity index (χ0n) is 21.7. The first kappa shape index (κ1) is 30.6. The van der Waals surface area contributed by atoms with E-state index in [0.717, 1.165) is 42.1 Å². The largest absolute Gasteiger partial charge is 0.340 e. The van der Waals surface area contributed by atoms with Crippen LogP contribution in [0.3, 0.4) is 0 Å². The highest BCUT2D eigenvalue weighted by molar-refractivity contribution is 5.86. The molecule has 0 atom stereocenters. The van der Waals surface area contributed by atoms with Gasteiger partial charge in [0.2, 0.25) is 0 Å². The lowest BCUT2D eigenvalue weighted by Gasteiger charge is -2.21. The summed E-state index contributed by atoms with van der Waals surface area (Å²) >= 11 is 0. The molecule has 0 saturated carbocycles. The third kappa shape index (κ3) is 5.96. The highest BCUT2D eigenvalue weighted by Crippen LogP contribution is 2.27. The minimum Gasteiger partial charge on any atom is -0.340 e. The molecule has 0 amide bonds. The predicted octanol–water partition coefficient (Wildman–Crippen LogP) is 6.12. The molecule has 1 aliphatic rings. The van der Waals surface area contributed by atoms with Crippen molar-refractivity contribution in [3.63, 3.8) is 0 Å². The number of benzene rings is 1. The van der Waals surface area contributed by atoms with E-state index in [-0.39, 0.29) is 54.2 Å². The summed E-state index contributed by atoms with van der Waals surface area (Å²) in [5.41, 5.74) is 6.28. The van der Waals surface area contributed by atoms with Crippen molar-refractivity contribution in [3.8, 4) is 5.69 Å². The number of aromatic nitrogens is 4. The van der Waals surface area contributed by atoms with E-state index in [0.29, 0.717) is 11.2 Å². The molecule has 7 nitrogen and oxygen atoms in total. The molecular formula is C27H35Cl3N6O. The molecule has 0 aliphatic carbocycles. The number of hydrogen-bond donors (Lipinski definition) is 2. The number of nitrogens with zero attached hydrogens (tertiary/aromatic N) is 4. The van der Waals surface area contributed by atoms with Crippen molar-refractivity contribution in [3.05, 3.63) is 76.0 Å². The van der Waals surface area contributed by atoms with E-state index in [2.05, 4.69) is 65.6 Å². The van der Waals surface area contributed by atoms with Gasteiger partial charge >= 0.3 is 0 Å². The molecule has 1 aromatic carbocycles. The van der Waals surface area contributed by atoms with Crippen LogP contribution in [0, 0.1) is 0 Å². The van der Waals surface area contributed by atoms with Crippen LogP contribution in [0.2, 0.25) is 0 Å². The molecule has 1 aliphatic heterocycles. The molecule has 0 radical (unpaired) electrons. The van der Waals surface area contributed by atoms with E-state index in [1.54, 1.807) is 10.9 Å². The number of anilines is 2. The van der Waals surface area contributed by atoms with E-state index in [9.17, 15) is 4.79 Å². The van der Waals surface area contributed by atoms with Crippen LogP contribution < -0.4 is 16.2 Å². The molecule has 0 saturated heterocycles. The Morgan fingerprint density at radius 1 is 1.00 bits per heavy atom. The van der Waals surface area contributed by atoms with E-state index in [1.807, 2.05) is 36.9 Å². The lowest BCUT2D eigenvalue weighted by Crippen LogP contribution is -2.24. The van der Waals surface area contributed by atoms with Crippen LogP contribution in [0.1, 0.15) is 57.5 Å². The third-order valence-corrected chi connectivity index (χ3v) is 6.38. The first-order valence-corrected chi connectivity index (χ1v) is 11.9. The van der Waals surface area contributed by atoms with Crippen molar-refractivity contribution < 1.29 is 0 Å². The molecule has 4 heterocycles. The van der Waals surface area contributed by atoms with Gasteiger partial charge in [0.1, 0.15) is 5.82 Å². The maximum absolute atomic E-state index is 13.3. The average Bonchev–Trinajstić information content (AvgIpc) is 3.10. The molecule has 10 heteroatoms. The van der Waals surface area contributed by atoms with Gasteiger partial charge in [0.15, 0.2) is 0 Å². The fourth-order valence-corrected chi connectivity index (χ4v) is 4.58. The first-order valence-electron chi connectivity index (χ1n) is 11.9. The first-order chi connectivity index (χ1) is 16.2. The Balaban J connectivity index is 0.00000160. The van der Waals surface area contributed by atoms with Gasteiger partial charge in [-0.05, 0) is 62.2 Å². The number of fused-ring (bicyclic) bond motifs is 2. The predicted molar refractivity (Wildman–Crippen MR) is 159 cm³/mol. The fraction of sp³-hybridized carbons (Fsp3) is 0.370. The van der Waals surface area contributed by atoms with Crippen LogP contribution >= 0.6 is 37.2 Å². The highest BCUT2D eigenvalue weighted by Gasteiger charge is 2.21. The molecule has 3 aromatic heterocycles. The third-order valence-electron chi connectivity index (χ3n) is 6.38. The van der Waals surface area contributed by atoms with Gasteiger partial charge in [-0.2, -0.15) is 0 Å². The van der Waals surface area contributed by atoms with Gasteiger partial charge in [-0.15, -0.1) is 37.2 Å². The van der Waals surface area contributed by atoms with Crippen LogP contribution in [0.15, 0.2) is 53.6 Å². The van der Waals surface area contributed by atoms with Crippen molar-refractivity contribution in [2.75, 3.05) is 11.9 Å². The summed E-state index contributed by atoms with van der Waals surface area (Å²) in [5.74, 6) is 0.709. The van der Waals surface area contributed by atoms with Gasteiger partial charge < -0.3 is 10.6 Å². The standard InChI is InChI=1S/C27H32N6O.3ClH/c1-17(2)32-26(34)22-16-30-25(31-20-7-6-19-15-28-10-8-18(19)12-20)14-23(22)33(32)21-9-11-29-24(13-21)27(3,4)5;;;/h6-7,9,11-14,16-17,28H,8,10,15H2,1-5H3,(H,30,31);3*1H. The van der Waals surface area contributed by atoms with Crippen LogP contribution in [0.5, 0.6) is 0 Å². The maximum atomic E-state index is 13.3. The van der Waals surface area contributed by atoms with Gasteiger partial charge in [-0.1, -0.05) is 26.8 Å². The summed E-state index contributed by atoms with van der Waals surface area (Å²) < 4.78 is 3.80. The maximum Gasteiger partial charge on any atom is 0.276 e. The zero-order valence-corrected chi connectivity index (χ0v) is 24.2. The fourth-order valence-electron chi connectivity index (χ4n) is 4.58. The SMILES string of the molecule is CC(C)n1c(=O)c2cnc(Nc3ccc4c(c3)CCNC4)cc2n1-c1ccnc(C(C)(C)C)c1.Cl.Cl.Cl. The van der Waals surface area contributed by atoms with Crippen molar-refractivity contribution >= 4 is 59.6 Å². The number of nitrogens with one attached hydrogen (secondary N) is 2. The van der Waals surface area contributed by atoms with E-state index < -0.39 is 0 Å². The Morgan fingerprint density at radius 2 is 1.76 bits per heavy atom. The zero-order chi connectivity index (χ0) is 24.0. The monoisotopic (exact) mass is 564 g/mol. The Hall–Kier alpha value is -2.58. The summed E-state index contributed by atoms with van der Waals surface area (Å²) in [6.07, 6.45) is 4.52. The average molecular weight is 566 g/mol. The van der Waals surface area contributed by atoms with E-state index >= 15 is 0 Å². The normalized spacial score (nSPS) is 12.8. The molecule has 0 spiro atoms. The van der Waals surface area contributed by atoms with Gasteiger partial charge in [-0.3, -0.25) is 9.78 Å². The Labute approximate surface area is 236 Å². The Morgan fingerprint density at radius 3 is 2.46 bits per heavy atom. The van der Waals surface area contributed by atoms with Crippen molar-refractivity contribution in [2.45, 2.75) is 59.0 Å². The molecule has 5 rings (SSSR count). The van der Waals surface area contributed by atoms with E-state index in [4.69, 9.17) is 0 Å². The summed E-state index contributed by atoms with van der Waals surface area (Å²) in [7, 11) is 0. The topological polar surface area (TPSA) is 76.8 Å². The van der Waals surface area contributed by atoms with Crippen molar-refractivity contribution in [1.82, 2.24) is 24.6 Å². The van der Waals surface area contributed by atoms with Gasteiger partial charge in [0.25, 0.3) is 5.56 Å². The molecule has 200 valence electrons. The highest BCUT2D eigenvalue weighted by atomic mass is 35.5. The van der Waals surface area contributed by atoms with Gasteiger partial charge in [-0.25, -0.2) is 14.3 Å². The molecule has 37 heavy (non-hydrogen) atoms. The molecular weight excluding hydrogens is 531 g/mol. The van der Waals surface area contributed by atoms with E-state index in [1.165, 1.54) is 11.1 Å². The minimum absolute atomic E-state index is 0. The van der Waals surface area contributed by atoms with Crippen LogP contribution in [-0.4, -0.2) is 25.9 Å². The smallest absolute Gasteiger partial charge is 0.276 e. The summed E-state index contributed by atoms with van der Waals surface area (Å²) in [5, 5.41) is 7.46. The summed E-state index contributed by atoms with van der Waals surface area (Å²) in [6, 6.07) is 12.4. The Kier molecular flexibility index (Phi) is 9.82. The number of rotatable bonds is 4. The minimum atomic E-state index is -0.0990. The second kappa shape index (κ2) is 11.9. The lowest BCUT2D eigenvalue weighted by atomic mass is 9.91. The molecule has 0 bridgehead atoms. The van der Waals surface area contributed by atoms with Gasteiger partial charge in [0.05, 0.1) is 16.6 Å². The second-order valence-corrected chi connectivity index (χ2v) is 10.3. The van der Waals surface area contributed by atoms with Crippen molar-refractivity contribution in [2.24, 2.45) is 0 Å². The molecule has 0 fully saturated rings. The number of pyridine rings is 2. The number of hydrogen-bond acceptors (Lipinski definition) is 5. The Bertz CT molecular complexity index is 1440. The summed E-state index contributed by atoms with van der Waals surface area (Å²) in [4.78, 5) is 22.5. The number of halogens is 3. The quantitative estimate of drug-likeness (QED) is 0.312. The van der Waals surface area contributed by atoms with Crippen LogP contribution in [-0.2, 0) is 18.4 Å². The second-order valence-electron chi connectivity index (χ2n) is 10.3. The van der Waals surface area contributed by atoms with Gasteiger partial charge in [0, 0.05) is 47.8 Å². The molecule has 4 aromatic rings. The van der Waals surface area contributed by atoms with Crippen molar-refractivity contribution in [1.29, 1.82) is 0 Å². The van der Waals surface area contributed by atoms with Crippen LogP contribution in [0.4, 0.5) is 11.5 Å².